The fraction of sp³-hybridized carbons (Fsp3) is 0.310. The van der Waals surface area contributed by atoms with Crippen molar-refractivity contribution in [3.63, 3.8) is 0 Å². The lowest BCUT2D eigenvalue weighted by molar-refractivity contribution is -0.131. The summed E-state index contributed by atoms with van der Waals surface area (Å²) in [5, 5.41) is 13.5. The Balaban J connectivity index is 1.38. The van der Waals surface area contributed by atoms with E-state index in [-0.39, 0.29) is 49.0 Å². The zero-order chi connectivity index (χ0) is 25.8. The molecule has 2 atom stereocenters. The van der Waals surface area contributed by atoms with Crippen molar-refractivity contribution in [2.75, 3.05) is 26.8 Å². The van der Waals surface area contributed by atoms with Gasteiger partial charge in [-0.3, -0.25) is 9.59 Å². The van der Waals surface area contributed by atoms with Gasteiger partial charge >= 0.3 is 0 Å². The Morgan fingerprint density at radius 1 is 1.05 bits per heavy atom. The Morgan fingerprint density at radius 3 is 2.70 bits per heavy atom. The van der Waals surface area contributed by atoms with Crippen LogP contribution >= 0.6 is 0 Å². The third kappa shape index (κ3) is 5.63. The first-order valence-corrected chi connectivity index (χ1v) is 12.4. The van der Waals surface area contributed by atoms with Gasteiger partial charge in [-0.15, -0.1) is 0 Å². The number of methoxy groups -OCH3 is 1. The van der Waals surface area contributed by atoms with Crippen LogP contribution in [0.1, 0.15) is 29.9 Å². The molecule has 37 heavy (non-hydrogen) atoms. The zero-order valence-electron chi connectivity index (χ0n) is 20.7. The van der Waals surface area contributed by atoms with Crippen molar-refractivity contribution in [3.8, 4) is 28.7 Å². The molecule has 0 radical (unpaired) electrons. The van der Waals surface area contributed by atoms with Crippen molar-refractivity contribution < 1.29 is 28.9 Å². The summed E-state index contributed by atoms with van der Waals surface area (Å²) in [5.41, 5.74) is 1.78. The van der Waals surface area contributed by atoms with Crippen molar-refractivity contribution in [1.82, 2.24) is 10.2 Å². The second-order valence-corrected chi connectivity index (χ2v) is 9.31. The average Bonchev–Trinajstić information content (AvgIpc) is 3.33. The Labute approximate surface area is 215 Å². The lowest BCUT2D eigenvalue weighted by atomic mass is 9.93. The maximum Gasteiger partial charge on any atom is 0.226 e. The van der Waals surface area contributed by atoms with Crippen LogP contribution in [0.2, 0.25) is 0 Å². The van der Waals surface area contributed by atoms with Gasteiger partial charge in [0.15, 0.2) is 23.0 Å². The van der Waals surface area contributed by atoms with Gasteiger partial charge in [-0.2, -0.15) is 0 Å². The number of aryl methyl sites for hydroxylation is 1. The van der Waals surface area contributed by atoms with Gasteiger partial charge < -0.3 is 29.5 Å². The molecule has 0 unspecified atom stereocenters. The van der Waals surface area contributed by atoms with Gasteiger partial charge in [0.2, 0.25) is 11.8 Å². The van der Waals surface area contributed by atoms with Crippen molar-refractivity contribution in [1.29, 1.82) is 0 Å². The number of ether oxygens (including phenoxy) is 3. The molecule has 3 aromatic carbocycles. The number of aromatic hydroxyl groups is 1. The highest BCUT2D eigenvalue weighted by Gasteiger charge is 2.37. The summed E-state index contributed by atoms with van der Waals surface area (Å²) < 4.78 is 17.3. The number of fused-ring (bicyclic) bond motifs is 6. The first-order valence-electron chi connectivity index (χ1n) is 12.4. The summed E-state index contributed by atoms with van der Waals surface area (Å²) in [7, 11) is 1.56. The molecule has 0 aromatic heterocycles. The molecule has 0 saturated carbocycles. The number of carbonyl (C=O) groups is 2. The van der Waals surface area contributed by atoms with Crippen LogP contribution in [0.25, 0.3) is 0 Å². The summed E-state index contributed by atoms with van der Waals surface area (Å²) in [6, 6.07) is 19.8. The number of nitrogens with one attached hydrogen (secondary N) is 1. The molecule has 2 aliphatic rings. The molecule has 0 aliphatic carbocycles. The smallest absolute Gasteiger partial charge is 0.226 e. The number of carbonyl (C=O) groups excluding carboxylic acids is 2. The predicted octanol–water partition coefficient (Wildman–Crippen LogP) is 4.02. The molecule has 4 bridgehead atoms. The average molecular weight is 503 g/mol. The highest BCUT2D eigenvalue weighted by molar-refractivity contribution is 5.79. The van der Waals surface area contributed by atoms with E-state index < -0.39 is 0 Å². The molecule has 2 N–H and O–H groups in total. The fourth-order valence-corrected chi connectivity index (χ4v) is 4.88. The van der Waals surface area contributed by atoms with Crippen molar-refractivity contribution in [2.45, 2.75) is 31.2 Å². The number of hydrogen-bond donors (Lipinski definition) is 2. The van der Waals surface area contributed by atoms with Gasteiger partial charge in [0.05, 0.1) is 26.2 Å². The highest BCUT2D eigenvalue weighted by Crippen LogP contribution is 2.40. The van der Waals surface area contributed by atoms with Gasteiger partial charge in [0, 0.05) is 25.4 Å². The maximum atomic E-state index is 13.1. The number of rotatable bonds is 5. The number of benzene rings is 3. The lowest BCUT2D eigenvalue weighted by Gasteiger charge is -2.21. The zero-order valence-corrected chi connectivity index (χ0v) is 20.7. The largest absolute Gasteiger partial charge is 0.504 e. The Bertz CT molecular complexity index is 1280. The van der Waals surface area contributed by atoms with E-state index in [1.165, 1.54) is 0 Å². The number of amides is 2. The molecule has 1 fully saturated rings. The van der Waals surface area contributed by atoms with E-state index in [1.807, 2.05) is 48.5 Å². The molecule has 3 aromatic rings. The van der Waals surface area contributed by atoms with Crippen LogP contribution in [0.3, 0.4) is 0 Å². The van der Waals surface area contributed by atoms with Crippen LogP contribution in [-0.4, -0.2) is 54.7 Å². The number of hydrogen-bond acceptors (Lipinski definition) is 6. The quantitative estimate of drug-likeness (QED) is 0.547. The monoisotopic (exact) mass is 502 g/mol. The molecule has 2 heterocycles. The normalized spacial score (nSPS) is 18.8. The first-order chi connectivity index (χ1) is 18.0. The SMILES string of the molecule is COc1ccc2cc1Oc1cc(ccc1O)CCC(=O)N[C@@H]1CN(C(=O)CCOc3ccccc3)C[C@@H]21. The van der Waals surface area contributed by atoms with E-state index >= 15 is 0 Å². The van der Waals surface area contributed by atoms with E-state index in [1.54, 1.807) is 30.2 Å². The summed E-state index contributed by atoms with van der Waals surface area (Å²) in [5.74, 6) is 1.76. The lowest BCUT2D eigenvalue weighted by Crippen LogP contribution is -2.40. The summed E-state index contributed by atoms with van der Waals surface area (Å²) in [6.45, 7) is 1.15. The van der Waals surface area contributed by atoms with Gasteiger partial charge in [-0.25, -0.2) is 0 Å². The Morgan fingerprint density at radius 2 is 1.89 bits per heavy atom. The molecular weight excluding hydrogens is 472 g/mol. The molecule has 0 spiro atoms. The number of nitrogens with zero attached hydrogens (tertiary/aromatic N) is 1. The minimum Gasteiger partial charge on any atom is -0.504 e. The van der Waals surface area contributed by atoms with Crippen LogP contribution in [-0.2, 0) is 16.0 Å². The van der Waals surface area contributed by atoms with E-state index in [4.69, 9.17) is 14.2 Å². The maximum absolute atomic E-state index is 13.1. The number of phenols is 1. The molecule has 2 amide bonds. The minimum atomic E-state index is -0.245. The molecular formula is C29H30N2O6. The van der Waals surface area contributed by atoms with Gasteiger partial charge in [0.25, 0.3) is 0 Å². The number of likely N-dealkylation sites (tertiary alicyclic amines) is 1. The van der Waals surface area contributed by atoms with Crippen LogP contribution in [0.5, 0.6) is 28.7 Å². The Hall–Kier alpha value is -4.20. The highest BCUT2D eigenvalue weighted by atomic mass is 16.5. The van der Waals surface area contributed by atoms with Crippen molar-refractivity contribution >= 4 is 11.8 Å². The predicted molar refractivity (Wildman–Crippen MR) is 137 cm³/mol. The number of phenolic OH excluding ortho intramolecular Hbond substituents is 1. The van der Waals surface area contributed by atoms with Crippen LogP contribution in [0.4, 0.5) is 0 Å². The molecule has 2 aliphatic heterocycles. The number of para-hydroxylation sites is 1. The van der Waals surface area contributed by atoms with Crippen LogP contribution in [0.15, 0.2) is 66.7 Å². The standard InChI is InChI=1S/C29H30N2O6/c1-35-25-11-9-20-16-27(25)37-26-15-19(7-10-24(26)32)8-12-28(33)30-23-18-31(17-22(20)23)29(34)13-14-36-21-5-3-2-4-6-21/h2-7,9-11,15-16,22-23,32H,8,12-14,17-18H2,1H3,(H,30,33)/t22-,23+/m0/s1. The molecule has 192 valence electrons. The summed E-state index contributed by atoms with van der Waals surface area (Å²) in [6.07, 6.45) is 1.02. The van der Waals surface area contributed by atoms with E-state index in [0.29, 0.717) is 36.8 Å². The van der Waals surface area contributed by atoms with E-state index in [0.717, 1.165) is 16.9 Å². The Kier molecular flexibility index (Phi) is 7.16. The van der Waals surface area contributed by atoms with Crippen LogP contribution in [0, 0.1) is 0 Å². The molecule has 5 rings (SSSR count). The summed E-state index contributed by atoms with van der Waals surface area (Å²) >= 11 is 0. The van der Waals surface area contributed by atoms with Crippen molar-refractivity contribution in [3.05, 3.63) is 77.9 Å². The molecule has 8 heteroatoms. The molecule has 1 saturated heterocycles. The van der Waals surface area contributed by atoms with Crippen LogP contribution < -0.4 is 19.5 Å². The third-order valence-corrected chi connectivity index (χ3v) is 6.85. The third-order valence-electron chi connectivity index (χ3n) is 6.85. The topological polar surface area (TPSA) is 97.3 Å². The fourth-order valence-electron chi connectivity index (χ4n) is 4.88. The first kappa shape index (κ1) is 24.5. The second kappa shape index (κ2) is 10.8. The van der Waals surface area contributed by atoms with Crippen molar-refractivity contribution in [2.24, 2.45) is 0 Å². The van der Waals surface area contributed by atoms with Gasteiger partial charge in [0.1, 0.15) is 5.75 Å². The van der Waals surface area contributed by atoms with E-state index in [9.17, 15) is 14.7 Å². The summed E-state index contributed by atoms with van der Waals surface area (Å²) in [4.78, 5) is 27.7. The minimum absolute atomic E-state index is 0.00349. The van der Waals surface area contributed by atoms with Gasteiger partial charge in [-0.05, 0) is 53.9 Å². The van der Waals surface area contributed by atoms with E-state index in [2.05, 4.69) is 5.32 Å². The second-order valence-electron chi connectivity index (χ2n) is 9.31. The van der Waals surface area contributed by atoms with Gasteiger partial charge in [-0.1, -0.05) is 30.3 Å². The molecule has 8 nitrogen and oxygen atoms in total.